The standard InChI is InChI=1S/C39H56N2O10S2/c42-17-23-4-1-3-21(11-23)12-24-14-27-32(45)26-5-2-6-28-31(26)33(46)38(27,29(44)15-24)19-52-53-20-41-30-16-22(8-10-40-30)13-25-7-9-37(18-43)36(48)39(25,49)34(47)35(50-28)51-37/h7,9,14-15,21-23,25-28,30-31,34-36,40-44,47-49H,1-6,8,10-13,16-20H2/p+1. The molecule has 3 saturated carbocycles. The number of piperidine rings is 1. The Morgan fingerprint density at radius 2 is 1.81 bits per heavy atom. The highest BCUT2D eigenvalue weighted by Gasteiger charge is 2.68. The molecular weight excluding hydrogens is 721 g/mol. The minimum Gasteiger partial charge on any atom is -0.511 e. The van der Waals surface area contributed by atoms with Gasteiger partial charge < -0.3 is 45.4 Å². The summed E-state index contributed by atoms with van der Waals surface area (Å²) in [6.45, 7) is 0.362. The number of aliphatic hydroxyl groups is 6. The summed E-state index contributed by atoms with van der Waals surface area (Å²) in [5.41, 5.74) is -4.47. The van der Waals surface area contributed by atoms with Gasteiger partial charge in [-0.15, -0.1) is 0 Å². The molecule has 3 aliphatic heterocycles. The Morgan fingerprint density at radius 1 is 1.00 bits per heavy atom. The van der Waals surface area contributed by atoms with E-state index in [-0.39, 0.29) is 47.7 Å². The molecule has 1 spiro atoms. The molecule has 53 heavy (non-hydrogen) atoms. The highest BCUT2D eigenvalue weighted by atomic mass is 33.1. The van der Waals surface area contributed by atoms with Crippen molar-refractivity contribution in [3.8, 4) is 0 Å². The van der Waals surface area contributed by atoms with Crippen molar-refractivity contribution in [2.75, 3.05) is 31.4 Å². The van der Waals surface area contributed by atoms with Crippen molar-refractivity contribution in [3.63, 3.8) is 0 Å². The highest BCUT2D eigenvalue weighted by Crippen LogP contribution is 2.57. The Kier molecular flexibility index (Phi) is 11.1. The Hall–Kier alpha value is -1.30. The average Bonchev–Trinajstić information content (AvgIpc) is 3.16. The van der Waals surface area contributed by atoms with E-state index < -0.39 is 71.5 Å². The number of ether oxygens (including phenoxy) is 2. The van der Waals surface area contributed by atoms with E-state index in [1.54, 1.807) is 29.0 Å². The van der Waals surface area contributed by atoms with Crippen LogP contribution >= 0.6 is 21.6 Å². The van der Waals surface area contributed by atoms with Gasteiger partial charge in [-0.2, -0.15) is 0 Å². The predicted molar refractivity (Wildman–Crippen MR) is 198 cm³/mol. The molecule has 294 valence electrons. The van der Waals surface area contributed by atoms with Gasteiger partial charge >= 0.3 is 0 Å². The Bertz CT molecular complexity index is 1510. The molecule has 0 radical (unpaired) electrons. The van der Waals surface area contributed by atoms with Gasteiger partial charge in [-0.25, -0.2) is 0 Å². The maximum absolute atomic E-state index is 15.2. The number of ketones is 2. The third-order valence-electron chi connectivity index (χ3n) is 14.3. The molecule has 0 amide bonds. The molecule has 3 heterocycles. The monoisotopic (exact) mass is 777 g/mol. The van der Waals surface area contributed by atoms with Gasteiger partial charge in [0, 0.05) is 30.6 Å². The fourth-order valence-electron chi connectivity index (χ4n) is 11.4. The van der Waals surface area contributed by atoms with Crippen molar-refractivity contribution in [1.82, 2.24) is 5.32 Å². The summed E-state index contributed by atoms with van der Waals surface area (Å²) in [5, 5.41) is 74.2. The fraction of sp³-hybridized carbons (Fsp3) is 0.795. The molecule has 7 bridgehead atoms. The molecule has 15 unspecified atom stereocenters. The largest absolute Gasteiger partial charge is 0.511 e. The summed E-state index contributed by atoms with van der Waals surface area (Å²) < 4.78 is 12.7. The van der Waals surface area contributed by atoms with Crippen molar-refractivity contribution < 1.29 is 55.0 Å². The van der Waals surface area contributed by atoms with Gasteiger partial charge in [-0.3, -0.25) is 14.9 Å². The van der Waals surface area contributed by atoms with Gasteiger partial charge in [-0.1, -0.05) is 59.1 Å². The maximum Gasteiger partial charge on any atom is 0.188 e. The molecular formula is C39H57N2O10S2+. The van der Waals surface area contributed by atoms with E-state index >= 15 is 4.79 Å². The minimum atomic E-state index is -2.10. The molecule has 8 rings (SSSR count). The molecule has 5 aliphatic carbocycles. The highest BCUT2D eigenvalue weighted by molar-refractivity contribution is 8.76. The van der Waals surface area contributed by atoms with Crippen molar-refractivity contribution >= 4 is 33.2 Å². The maximum atomic E-state index is 15.2. The Labute approximate surface area is 319 Å². The molecule has 6 fully saturated rings. The zero-order valence-corrected chi connectivity index (χ0v) is 31.9. The summed E-state index contributed by atoms with van der Waals surface area (Å²) in [5.74, 6) is -1.96. The lowest BCUT2D eigenvalue weighted by Crippen LogP contribution is -2.95. The lowest BCUT2D eigenvalue weighted by Gasteiger charge is -2.58. The van der Waals surface area contributed by atoms with Gasteiger partial charge in [0.25, 0.3) is 0 Å². The van der Waals surface area contributed by atoms with Crippen molar-refractivity contribution in [2.45, 2.75) is 113 Å². The fourth-order valence-corrected chi connectivity index (χ4v) is 13.8. The molecule has 0 aromatic heterocycles. The summed E-state index contributed by atoms with van der Waals surface area (Å²) >= 11 is 0. The second kappa shape index (κ2) is 15.2. The van der Waals surface area contributed by atoms with Crippen LogP contribution in [-0.2, 0) is 19.1 Å². The van der Waals surface area contributed by atoms with E-state index in [0.29, 0.717) is 43.9 Å². The number of carbonyl (C=O) groups excluding carboxylic acids is 2. The van der Waals surface area contributed by atoms with Gasteiger partial charge in [0.1, 0.15) is 46.5 Å². The van der Waals surface area contributed by atoms with Gasteiger partial charge in [0.2, 0.25) is 0 Å². The van der Waals surface area contributed by atoms with Crippen LogP contribution in [0.3, 0.4) is 0 Å². The summed E-state index contributed by atoms with van der Waals surface area (Å²) in [6.07, 6.45) is 9.68. The average molecular weight is 778 g/mol. The number of quaternary nitrogens is 1. The summed E-state index contributed by atoms with van der Waals surface area (Å²) in [6, 6.07) is 0. The first-order valence-corrected chi connectivity index (χ1v) is 22.4. The zero-order valence-electron chi connectivity index (χ0n) is 30.3. The second-order valence-corrected chi connectivity index (χ2v) is 19.8. The SMILES string of the molecule is O=C1C2CCCC3OC4OC5(CO)C=CC(CC6CC[NH2+]C(C6)NCSSCC6(C(=O)C32)C(O)=CC(CC2CCCC(CO)C2)=CC16)C(O)(C4O)C5O. The van der Waals surface area contributed by atoms with Crippen LogP contribution in [0.2, 0.25) is 0 Å². The lowest BCUT2D eigenvalue weighted by atomic mass is 9.52. The third kappa shape index (κ3) is 6.53. The molecule has 8 aliphatic rings. The van der Waals surface area contributed by atoms with Crippen LogP contribution in [0.25, 0.3) is 0 Å². The van der Waals surface area contributed by atoms with E-state index in [1.165, 1.54) is 10.8 Å². The molecule has 12 nitrogen and oxygen atoms in total. The number of nitrogens with two attached hydrogens (primary N) is 1. The normalized spacial score (nSPS) is 48.9. The van der Waals surface area contributed by atoms with Crippen LogP contribution < -0.4 is 10.6 Å². The quantitative estimate of drug-likeness (QED) is 0.151. The molecule has 0 aromatic carbocycles. The number of carbonyl (C=O) groups is 2. The number of hydrogen-bond donors (Lipinski definition) is 8. The summed E-state index contributed by atoms with van der Waals surface area (Å²) in [4.78, 5) is 30.0. The first-order valence-electron chi connectivity index (χ1n) is 19.9. The van der Waals surface area contributed by atoms with E-state index in [1.807, 2.05) is 6.08 Å². The smallest absolute Gasteiger partial charge is 0.188 e. The minimum absolute atomic E-state index is 0.0937. The van der Waals surface area contributed by atoms with E-state index in [9.17, 15) is 35.4 Å². The molecule has 3 saturated heterocycles. The van der Waals surface area contributed by atoms with Gasteiger partial charge in [-0.05, 0) is 74.3 Å². The molecule has 9 N–H and O–H groups in total. The first kappa shape index (κ1) is 38.6. The van der Waals surface area contributed by atoms with Gasteiger partial charge in [0.15, 0.2) is 12.1 Å². The number of Topliss-reactive ketones (excluding diaryl/α,β-unsaturated/α-hetero) is 2. The van der Waals surface area contributed by atoms with E-state index in [2.05, 4.69) is 10.6 Å². The number of nitrogens with one attached hydrogen (secondary N) is 1. The van der Waals surface area contributed by atoms with Crippen LogP contribution in [0.5, 0.6) is 0 Å². The molecule has 14 heteroatoms. The van der Waals surface area contributed by atoms with E-state index in [4.69, 9.17) is 9.47 Å². The number of fused-ring (bicyclic) bond motifs is 4. The van der Waals surface area contributed by atoms with Crippen molar-refractivity contribution in [3.05, 3.63) is 35.6 Å². The van der Waals surface area contributed by atoms with Crippen LogP contribution in [0.1, 0.15) is 70.6 Å². The topological polar surface area (TPSA) is 203 Å². The number of allylic oxidation sites excluding steroid dienone is 4. The number of hydrogen-bond acceptors (Lipinski definition) is 13. The van der Waals surface area contributed by atoms with Crippen LogP contribution in [0, 0.1) is 46.8 Å². The Balaban J connectivity index is 1.15. The van der Waals surface area contributed by atoms with Crippen molar-refractivity contribution in [1.29, 1.82) is 0 Å². The second-order valence-electron chi connectivity index (χ2n) is 17.3. The zero-order chi connectivity index (χ0) is 37.1. The van der Waals surface area contributed by atoms with E-state index in [0.717, 1.165) is 50.6 Å². The summed E-state index contributed by atoms with van der Waals surface area (Å²) in [7, 11) is 3.05. The van der Waals surface area contributed by atoms with Crippen LogP contribution in [0.15, 0.2) is 35.6 Å². The third-order valence-corrected chi connectivity index (χ3v) is 16.6. The van der Waals surface area contributed by atoms with Crippen LogP contribution in [0.4, 0.5) is 0 Å². The number of aliphatic hydroxyl groups excluding tert-OH is 5. The number of rotatable bonds is 4. The van der Waals surface area contributed by atoms with Crippen LogP contribution in [-0.4, -0.2) is 116 Å². The van der Waals surface area contributed by atoms with Crippen molar-refractivity contribution in [2.24, 2.45) is 46.8 Å². The first-order chi connectivity index (χ1) is 25.5. The molecule has 15 atom stereocenters. The Morgan fingerprint density at radius 3 is 2.62 bits per heavy atom. The molecule has 0 aromatic rings. The van der Waals surface area contributed by atoms with Gasteiger partial charge in [0.05, 0.1) is 37.0 Å². The predicted octanol–water partition coefficient (Wildman–Crippen LogP) is 1.47. The lowest BCUT2D eigenvalue weighted by molar-refractivity contribution is -0.704.